The molecule has 0 unspecified atom stereocenters. The van der Waals surface area contributed by atoms with Crippen molar-refractivity contribution < 1.29 is 42.1 Å². The Hall–Kier alpha value is -4.61. The van der Waals surface area contributed by atoms with Crippen LogP contribution in [0.3, 0.4) is 0 Å². The Labute approximate surface area is 222 Å². The lowest BCUT2D eigenvalue weighted by atomic mass is 10.1. The molecule has 0 spiro atoms. The molecule has 208 valence electrons. The maximum Gasteiger partial charge on any atom is 0.490 e. The lowest BCUT2D eigenvalue weighted by molar-refractivity contribution is -0.192. The number of hydrogen-bond donors (Lipinski definition) is 2. The number of aromatic nitrogens is 2. The van der Waals surface area contributed by atoms with Gasteiger partial charge in [0.05, 0.1) is 19.1 Å². The SMILES string of the molecule is COc1cc(C=CC(=O)N[C@H](C(=O)OC(C)(C)C)c2ccccc2)ccc1-n1ccnc1.O=C(O)C(F)(F)F. The number of aliphatic carboxylic acids is 1. The lowest BCUT2D eigenvalue weighted by Gasteiger charge is -2.24. The summed E-state index contributed by atoms with van der Waals surface area (Å²) in [4.78, 5) is 38.3. The molecular formula is C27H28F3N3O6. The monoisotopic (exact) mass is 547 g/mol. The van der Waals surface area contributed by atoms with Gasteiger partial charge in [0.25, 0.3) is 0 Å². The Kier molecular flexibility index (Phi) is 10.4. The number of methoxy groups -OCH3 is 1. The smallest absolute Gasteiger partial charge is 0.490 e. The second-order valence-electron chi connectivity index (χ2n) is 8.92. The van der Waals surface area contributed by atoms with E-state index in [1.807, 2.05) is 47.2 Å². The van der Waals surface area contributed by atoms with Gasteiger partial charge < -0.3 is 24.5 Å². The summed E-state index contributed by atoms with van der Waals surface area (Å²) in [6.07, 6.45) is 3.15. The average Bonchev–Trinajstić information content (AvgIpc) is 3.40. The first-order valence-corrected chi connectivity index (χ1v) is 11.4. The number of hydrogen-bond acceptors (Lipinski definition) is 6. The molecule has 1 atom stereocenters. The largest absolute Gasteiger partial charge is 0.495 e. The van der Waals surface area contributed by atoms with Crippen molar-refractivity contribution >= 4 is 23.9 Å². The van der Waals surface area contributed by atoms with E-state index in [9.17, 15) is 22.8 Å². The number of ether oxygens (including phenoxy) is 2. The van der Waals surface area contributed by atoms with Gasteiger partial charge >= 0.3 is 18.1 Å². The Morgan fingerprint density at radius 2 is 1.72 bits per heavy atom. The number of esters is 1. The molecule has 1 amide bonds. The van der Waals surface area contributed by atoms with Crippen molar-refractivity contribution in [2.45, 2.75) is 38.6 Å². The third-order valence-corrected chi connectivity index (χ3v) is 4.72. The molecule has 2 aromatic carbocycles. The van der Waals surface area contributed by atoms with Crippen LogP contribution < -0.4 is 10.1 Å². The first kappa shape index (κ1) is 30.6. The van der Waals surface area contributed by atoms with E-state index >= 15 is 0 Å². The molecule has 0 radical (unpaired) electrons. The quantitative estimate of drug-likeness (QED) is 0.324. The minimum Gasteiger partial charge on any atom is -0.495 e. The molecule has 1 aromatic heterocycles. The predicted molar refractivity (Wildman–Crippen MR) is 136 cm³/mol. The second kappa shape index (κ2) is 13.3. The summed E-state index contributed by atoms with van der Waals surface area (Å²) in [6, 6.07) is 13.7. The summed E-state index contributed by atoms with van der Waals surface area (Å²) in [5, 5.41) is 9.87. The van der Waals surface area contributed by atoms with Crippen LogP contribution in [0.1, 0.15) is 37.9 Å². The van der Waals surface area contributed by atoms with E-state index in [1.54, 1.807) is 58.6 Å². The van der Waals surface area contributed by atoms with Crippen LogP contribution >= 0.6 is 0 Å². The standard InChI is InChI=1S/C25H27N3O4.C2HF3O2/c1-25(2,3)32-24(30)23(19-8-6-5-7-9-19)27-22(29)13-11-18-10-12-20(21(16-18)31-4)28-15-14-26-17-28;3-2(4,5)1(6)7/h5-17,23H,1-4H3,(H,27,29);(H,6,7)/t23-;/m0./s1. The van der Waals surface area contributed by atoms with E-state index in [4.69, 9.17) is 19.4 Å². The number of halogens is 3. The number of carboxylic acids is 1. The number of benzene rings is 2. The van der Waals surface area contributed by atoms with Gasteiger partial charge in [-0.25, -0.2) is 14.6 Å². The van der Waals surface area contributed by atoms with Crippen LogP contribution in [0.2, 0.25) is 0 Å². The van der Waals surface area contributed by atoms with E-state index in [0.717, 1.165) is 11.3 Å². The Morgan fingerprint density at radius 3 is 2.23 bits per heavy atom. The van der Waals surface area contributed by atoms with Gasteiger partial charge in [0.2, 0.25) is 5.91 Å². The van der Waals surface area contributed by atoms with Crippen molar-refractivity contribution in [2.75, 3.05) is 7.11 Å². The number of carbonyl (C=O) groups is 3. The van der Waals surface area contributed by atoms with E-state index in [2.05, 4.69) is 10.3 Å². The van der Waals surface area contributed by atoms with Gasteiger partial charge in [0, 0.05) is 18.5 Å². The fraction of sp³-hybridized carbons (Fsp3) is 0.259. The molecule has 0 fully saturated rings. The number of imidazole rings is 1. The van der Waals surface area contributed by atoms with Crippen LogP contribution in [0.25, 0.3) is 11.8 Å². The molecule has 9 nitrogen and oxygen atoms in total. The van der Waals surface area contributed by atoms with Crippen molar-refractivity contribution in [3.8, 4) is 11.4 Å². The highest BCUT2D eigenvalue weighted by Gasteiger charge is 2.38. The highest BCUT2D eigenvalue weighted by atomic mass is 19.4. The number of carboxylic acid groups (broad SMARTS) is 1. The van der Waals surface area contributed by atoms with Gasteiger partial charge in [-0.2, -0.15) is 13.2 Å². The van der Waals surface area contributed by atoms with Crippen LogP contribution in [0.5, 0.6) is 5.75 Å². The Balaban J connectivity index is 0.000000673. The van der Waals surface area contributed by atoms with Gasteiger partial charge in [-0.1, -0.05) is 36.4 Å². The van der Waals surface area contributed by atoms with E-state index < -0.39 is 35.7 Å². The molecule has 3 aromatic rings. The van der Waals surface area contributed by atoms with Crippen molar-refractivity contribution in [1.82, 2.24) is 14.9 Å². The van der Waals surface area contributed by atoms with Crippen LogP contribution in [-0.2, 0) is 19.1 Å². The predicted octanol–water partition coefficient (Wildman–Crippen LogP) is 4.73. The number of carbonyl (C=O) groups excluding carboxylic acids is 2. The first-order valence-electron chi connectivity index (χ1n) is 11.4. The molecule has 1 heterocycles. The summed E-state index contributed by atoms with van der Waals surface area (Å²) in [5.41, 5.74) is 1.59. The molecule has 2 N–H and O–H groups in total. The third kappa shape index (κ3) is 9.99. The van der Waals surface area contributed by atoms with Crippen LogP contribution in [-0.4, -0.2) is 51.4 Å². The van der Waals surface area contributed by atoms with E-state index in [1.165, 1.54) is 6.08 Å². The summed E-state index contributed by atoms with van der Waals surface area (Å²) in [6.45, 7) is 5.36. The highest BCUT2D eigenvalue weighted by Crippen LogP contribution is 2.25. The molecule has 12 heteroatoms. The third-order valence-electron chi connectivity index (χ3n) is 4.72. The zero-order valence-electron chi connectivity index (χ0n) is 21.6. The van der Waals surface area contributed by atoms with E-state index in [-0.39, 0.29) is 0 Å². The van der Waals surface area contributed by atoms with Gasteiger partial charge in [0.1, 0.15) is 11.4 Å². The normalized spacial score (nSPS) is 12.2. The molecule has 0 saturated heterocycles. The number of nitrogens with zero attached hydrogens (tertiary/aromatic N) is 2. The molecule has 0 bridgehead atoms. The topological polar surface area (TPSA) is 120 Å². The minimum absolute atomic E-state index is 0.414. The zero-order chi connectivity index (χ0) is 29.2. The van der Waals surface area contributed by atoms with Gasteiger partial charge in [0.15, 0.2) is 6.04 Å². The van der Waals surface area contributed by atoms with Crippen LogP contribution in [0.15, 0.2) is 73.3 Å². The highest BCUT2D eigenvalue weighted by molar-refractivity contribution is 5.95. The number of rotatable bonds is 7. The van der Waals surface area contributed by atoms with Crippen LogP contribution in [0.4, 0.5) is 13.2 Å². The van der Waals surface area contributed by atoms with E-state index in [0.29, 0.717) is 11.3 Å². The van der Waals surface area contributed by atoms with Crippen LogP contribution in [0, 0.1) is 0 Å². The summed E-state index contributed by atoms with van der Waals surface area (Å²) >= 11 is 0. The number of nitrogens with one attached hydrogen (secondary N) is 1. The molecule has 0 aliphatic rings. The molecule has 0 aliphatic carbocycles. The first-order chi connectivity index (χ1) is 18.2. The summed E-state index contributed by atoms with van der Waals surface area (Å²) < 4.78 is 44.5. The maximum atomic E-state index is 12.7. The molecule has 39 heavy (non-hydrogen) atoms. The number of alkyl halides is 3. The van der Waals surface area contributed by atoms with Gasteiger partial charge in [-0.05, 0) is 50.1 Å². The molecular weight excluding hydrogens is 519 g/mol. The maximum absolute atomic E-state index is 12.7. The van der Waals surface area contributed by atoms with Crippen molar-refractivity contribution in [2.24, 2.45) is 0 Å². The van der Waals surface area contributed by atoms with Crippen molar-refractivity contribution in [3.05, 3.63) is 84.5 Å². The fourth-order valence-electron chi connectivity index (χ4n) is 3.06. The average molecular weight is 548 g/mol. The summed E-state index contributed by atoms with van der Waals surface area (Å²) in [7, 11) is 1.58. The zero-order valence-corrected chi connectivity index (χ0v) is 21.6. The fourth-order valence-corrected chi connectivity index (χ4v) is 3.06. The summed E-state index contributed by atoms with van der Waals surface area (Å²) in [5.74, 6) is -3.05. The molecule has 3 rings (SSSR count). The lowest BCUT2D eigenvalue weighted by Crippen LogP contribution is -2.37. The Bertz CT molecular complexity index is 1280. The Morgan fingerprint density at radius 1 is 1.08 bits per heavy atom. The van der Waals surface area contributed by atoms with Gasteiger partial charge in [-0.3, -0.25) is 4.79 Å². The minimum atomic E-state index is -5.08. The second-order valence-corrected chi connectivity index (χ2v) is 8.92. The molecule has 0 aliphatic heterocycles. The number of amides is 1. The van der Waals surface area contributed by atoms with Gasteiger partial charge in [-0.15, -0.1) is 0 Å². The molecule has 0 saturated carbocycles. The van der Waals surface area contributed by atoms with Crippen molar-refractivity contribution in [3.63, 3.8) is 0 Å². The van der Waals surface area contributed by atoms with Crippen molar-refractivity contribution in [1.29, 1.82) is 0 Å².